The summed E-state index contributed by atoms with van der Waals surface area (Å²) in [5, 5.41) is 13.0. The maximum absolute atomic E-state index is 13.3. The van der Waals surface area contributed by atoms with Crippen LogP contribution >= 0.6 is 0 Å². The number of aliphatic hydroxyl groups is 1. The average Bonchev–Trinajstić information content (AvgIpc) is 3.36. The van der Waals surface area contributed by atoms with Crippen LogP contribution in [-0.2, 0) is 19.9 Å². The van der Waals surface area contributed by atoms with Gasteiger partial charge in [0.05, 0.1) is 20.8 Å². The van der Waals surface area contributed by atoms with Crippen LogP contribution in [0.3, 0.4) is 0 Å². The molecule has 242 valence electrons. The van der Waals surface area contributed by atoms with Crippen molar-refractivity contribution in [3.8, 4) is 11.5 Å². The van der Waals surface area contributed by atoms with Crippen molar-refractivity contribution < 1.29 is 42.0 Å². The number of carbonyl (C=O) groups excluding carboxylic acids is 1. The third-order valence-corrected chi connectivity index (χ3v) is 7.69. The van der Waals surface area contributed by atoms with E-state index in [-0.39, 0.29) is 0 Å². The fourth-order valence-corrected chi connectivity index (χ4v) is 5.42. The third-order valence-electron chi connectivity index (χ3n) is 7.69. The summed E-state index contributed by atoms with van der Waals surface area (Å²) in [6, 6.07) is 22.4. The Morgan fingerprint density at radius 2 is 1.43 bits per heavy atom. The Morgan fingerprint density at radius 1 is 0.891 bits per heavy atom. The minimum absolute atomic E-state index is 0.429. The van der Waals surface area contributed by atoms with Gasteiger partial charge in [-0.15, -0.1) is 0 Å². The number of aliphatic hydroxyl groups excluding tert-OH is 1. The minimum Gasteiger partial charge on any atom is -0.497 e. The molecule has 0 bridgehead atoms. The molecule has 0 spiro atoms. The summed E-state index contributed by atoms with van der Waals surface area (Å²) in [7, 11) is 3.05. The predicted octanol–water partition coefficient (Wildman–Crippen LogP) is 2.87. The summed E-state index contributed by atoms with van der Waals surface area (Å²) >= 11 is 0. The highest BCUT2D eigenvalue weighted by Gasteiger charge is 2.50. The zero-order valence-electron chi connectivity index (χ0n) is 24.6. The molecular weight excluding hydrogens is 611 g/mol. The molecule has 4 atom stereocenters. The number of ether oxygens (including phenoxy) is 4. The lowest BCUT2D eigenvalue weighted by Gasteiger charge is -2.37. The molecule has 2 heterocycles. The minimum atomic E-state index is -5.29. The smallest absolute Gasteiger partial charge is 0.471 e. The van der Waals surface area contributed by atoms with Gasteiger partial charge in [-0.05, 0) is 41.0 Å². The molecule has 2 unspecified atom stereocenters. The summed E-state index contributed by atoms with van der Waals surface area (Å²) in [4.78, 5) is 38.2. The predicted molar refractivity (Wildman–Crippen MR) is 157 cm³/mol. The number of benzene rings is 3. The summed E-state index contributed by atoms with van der Waals surface area (Å²) < 4.78 is 63.9. The first kappa shape index (κ1) is 32.5. The molecule has 3 aromatic carbocycles. The number of nitrogens with one attached hydrogen (secondary N) is 2. The van der Waals surface area contributed by atoms with Gasteiger partial charge in [0.1, 0.15) is 35.3 Å². The Balaban J connectivity index is 1.58. The van der Waals surface area contributed by atoms with Crippen LogP contribution in [0.4, 0.5) is 13.2 Å². The van der Waals surface area contributed by atoms with E-state index in [4.69, 9.17) is 18.9 Å². The average molecular weight is 642 g/mol. The maximum atomic E-state index is 13.3. The Kier molecular flexibility index (Phi) is 9.32. The molecule has 3 N–H and O–H groups in total. The lowest BCUT2D eigenvalue weighted by molar-refractivity contribution is -0.175. The fourth-order valence-electron chi connectivity index (χ4n) is 5.42. The number of nitrogens with zero attached hydrogens (tertiary/aromatic N) is 1. The maximum Gasteiger partial charge on any atom is 0.471 e. The number of hydrogen-bond donors (Lipinski definition) is 3. The van der Waals surface area contributed by atoms with Crippen molar-refractivity contribution in [2.75, 3.05) is 20.8 Å². The van der Waals surface area contributed by atoms with Gasteiger partial charge in [0.15, 0.2) is 6.23 Å². The topological polar surface area (TPSA) is 141 Å². The molecule has 4 aromatic rings. The van der Waals surface area contributed by atoms with Crippen molar-refractivity contribution in [2.24, 2.45) is 0 Å². The molecule has 5 rings (SSSR count). The SMILES string of the molecule is COc1ccc(C(OC[C@@H]2O[C@H](n3ccc(=O)[nH]c3=O)C(NC(=O)C(F)(F)F)C2O)(c2ccccc2)c2ccc(OC)cc2)cc1. The number of hydrogen-bond acceptors (Lipinski definition) is 8. The number of carbonyl (C=O) groups is 1. The second kappa shape index (κ2) is 13.2. The fraction of sp³-hybridized carbons (Fsp3) is 0.281. The van der Waals surface area contributed by atoms with Crippen molar-refractivity contribution in [2.45, 2.75) is 36.3 Å². The van der Waals surface area contributed by atoms with Gasteiger partial charge in [0.25, 0.3) is 5.56 Å². The molecule has 11 nitrogen and oxygen atoms in total. The molecule has 1 fully saturated rings. The number of H-pyrrole nitrogens is 1. The van der Waals surface area contributed by atoms with Crippen molar-refractivity contribution in [1.29, 1.82) is 0 Å². The number of rotatable bonds is 10. The van der Waals surface area contributed by atoms with E-state index in [9.17, 15) is 32.7 Å². The monoisotopic (exact) mass is 641 g/mol. The van der Waals surface area contributed by atoms with Crippen LogP contribution in [0.1, 0.15) is 22.9 Å². The number of alkyl halides is 3. The first-order valence-corrected chi connectivity index (χ1v) is 14.0. The largest absolute Gasteiger partial charge is 0.497 e. The summed E-state index contributed by atoms with van der Waals surface area (Å²) in [6.07, 6.45) is -9.07. The number of aromatic amines is 1. The molecule has 46 heavy (non-hydrogen) atoms. The van der Waals surface area contributed by atoms with Crippen LogP contribution in [-0.4, -0.2) is 65.8 Å². The van der Waals surface area contributed by atoms with E-state index in [1.54, 1.807) is 53.8 Å². The van der Waals surface area contributed by atoms with E-state index in [0.717, 1.165) is 16.8 Å². The van der Waals surface area contributed by atoms with Crippen LogP contribution in [0.25, 0.3) is 0 Å². The van der Waals surface area contributed by atoms with E-state index in [1.165, 1.54) is 14.2 Å². The summed E-state index contributed by atoms with van der Waals surface area (Å²) in [6.45, 7) is -0.429. The number of halogens is 3. The normalized spacial score (nSPS) is 19.9. The van der Waals surface area contributed by atoms with Gasteiger partial charge in [-0.25, -0.2) is 4.79 Å². The van der Waals surface area contributed by atoms with E-state index < -0.39 is 60.0 Å². The number of methoxy groups -OCH3 is 2. The molecule has 14 heteroatoms. The van der Waals surface area contributed by atoms with Gasteiger partial charge in [-0.1, -0.05) is 54.6 Å². The van der Waals surface area contributed by atoms with E-state index >= 15 is 0 Å². The van der Waals surface area contributed by atoms with Crippen LogP contribution in [0, 0.1) is 0 Å². The van der Waals surface area contributed by atoms with Crippen molar-refractivity contribution in [3.63, 3.8) is 0 Å². The van der Waals surface area contributed by atoms with E-state index in [2.05, 4.69) is 0 Å². The van der Waals surface area contributed by atoms with Crippen LogP contribution < -0.4 is 26.0 Å². The highest BCUT2D eigenvalue weighted by molar-refractivity contribution is 5.82. The van der Waals surface area contributed by atoms with E-state index in [1.807, 2.05) is 35.3 Å². The Hall–Kier alpha value is -4.92. The summed E-state index contributed by atoms with van der Waals surface area (Å²) in [5.74, 6) is -1.20. The van der Waals surface area contributed by atoms with Gasteiger partial charge in [-0.3, -0.25) is 19.1 Å². The van der Waals surface area contributed by atoms with E-state index in [0.29, 0.717) is 28.2 Å². The molecule has 1 saturated heterocycles. The van der Waals surface area contributed by atoms with Crippen molar-refractivity contribution in [1.82, 2.24) is 14.9 Å². The van der Waals surface area contributed by atoms with Crippen LogP contribution in [0.5, 0.6) is 11.5 Å². The van der Waals surface area contributed by atoms with Crippen LogP contribution in [0.2, 0.25) is 0 Å². The molecule has 0 radical (unpaired) electrons. The standard InChI is InChI=1S/C32H30F3N3O8/c1-43-22-12-8-20(9-13-22)31(19-6-4-3-5-7-19,21-10-14-23(44-2)15-11-21)45-18-24-27(40)26(37-29(41)32(33,34)35)28(46-24)38-17-16-25(39)36-30(38)42/h3-17,24,26-28,40H,18H2,1-2H3,(H,37,41)(H,36,39,42)/t24-,26?,27?,28-/m0/s1. The van der Waals surface area contributed by atoms with Gasteiger partial charge < -0.3 is 29.4 Å². The summed E-state index contributed by atoms with van der Waals surface area (Å²) in [5.41, 5.74) is -1.23. The van der Waals surface area contributed by atoms with Crippen molar-refractivity contribution in [3.05, 3.63) is 129 Å². The molecule has 0 saturated carbocycles. The second-order valence-electron chi connectivity index (χ2n) is 10.4. The van der Waals surface area contributed by atoms with Gasteiger partial charge in [0, 0.05) is 12.3 Å². The molecule has 1 aliphatic rings. The molecular formula is C32H30F3N3O8. The lowest BCUT2D eigenvalue weighted by atomic mass is 9.80. The van der Waals surface area contributed by atoms with Crippen molar-refractivity contribution >= 4 is 5.91 Å². The van der Waals surface area contributed by atoms with Gasteiger partial charge >= 0.3 is 17.8 Å². The number of aromatic nitrogens is 2. The molecule has 1 aliphatic heterocycles. The number of amides is 1. The Bertz CT molecular complexity index is 1710. The molecule has 1 amide bonds. The van der Waals surface area contributed by atoms with Gasteiger partial charge in [0.2, 0.25) is 0 Å². The Labute approximate surface area is 260 Å². The zero-order chi connectivity index (χ0) is 33.1. The zero-order valence-corrected chi connectivity index (χ0v) is 24.6. The highest BCUT2D eigenvalue weighted by atomic mass is 19.4. The second-order valence-corrected chi connectivity index (χ2v) is 10.4. The molecule has 0 aliphatic carbocycles. The first-order valence-electron chi connectivity index (χ1n) is 14.0. The quantitative estimate of drug-likeness (QED) is 0.225. The van der Waals surface area contributed by atoms with Gasteiger partial charge in [-0.2, -0.15) is 13.2 Å². The van der Waals surface area contributed by atoms with Crippen LogP contribution in [0.15, 0.2) is 101 Å². The molecule has 1 aromatic heterocycles. The highest BCUT2D eigenvalue weighted by Crippen LogP contribution is 2.43. The first-order chi connectivity index (χ1) is 22.0. The third kappa shape index (κ3) is 6.40. The Morgan fingerprint density at radius 3 is 1.93 bits per heavy atom. The lowest BCUT2D eigenvalue weighted by Crippen LogP contribution is -2.52.